The molecule has 0 radical (unpaired) electrons. The predicted octanol–water partition coefficient (Wildman–Crippen LogP) is 3.19. The van der Waals surface area contributed by atoms with Gasteiger partial charge in [0.05, 0.1) is 0 Å². The second kappa shape index (κ2) is 5.21. The van der Waals surface area contributed by atoms with E-state index in [1.54, 1.807) is 6.92 Å². The van der Waals surface area contributed by atoms with Gasteiger partial charge in [0.1, 0.15) is 5.94 Å². The minimum Gasteiger partial charge on any atom is -0.453 e. The quantitative estimate of drug-likeness (QED) is 0.595. The second-order valence-electron chi connectivity index (χ2n) is 4.18. The fourth-order valence-corrected chi connectivity index (χ4v) is 2.61. The molecule has 0 aliphatic heterocycles. The molecule has 0 saturated heterocycles. The molecule has 0 amide bonds. The Balaban J connectivity index is 2.66. The topological polar surface area (TPSA) is 26.3 Å². The molecular weight excluding hydrogens is 220 g/mol. The molecule has 0 aromatic heterocycles. The van der Waals surface area contributed by atoms with E-state index in [4.69, 9.17) is 4.74 Å². The average molecular weight is 238 g/mol. The predicted molar refractivity (Wildman–Crippen MR) is 69.9 cm³/mol. The minimum atomic E-state index is -1.07. The Kier molecular flexibility index (Phi) is 4.19. The highest BCUT2D eigenvalue weighted by Gasteiger charge is 2.17. The summed E-state index contributed by atoms with van der Waals surface area (Å²) in [6.07, 6.45) is 4.27. The Labute approximate surface area is 98.6 Å². The van der Waals surface area contributed by atoms with Crippen molar-refractivity contribution < 1.29 is 9.53 Å². The van der Waals surface area contributed by atoms with Crippen LogP contribution in [0.1, 0.15) is 6.92 Å². The van der Waals surface area contributed by atoms with Crippen LogP contribution < -0.4 is 0 Å². The molecule has 88 valence electrons. The fraction of sp³-hybridized carbons (Fsp3) is 0.308. The van der Waals surface area contributed by atoms with E-state index in [1.165, 1.54) is 4.90 Å². The Morgan fingerprint density at radius 2 is 1.88 bits per heavy atom. The highest BCUT2D eigenvalue weighted by atomic mass is 32.3. The normalized spacial score (nSPS) is 11.9. The molecule has 0 heterocycles. The summed E-state index contributed by atoms with van der Waals surface area (Å²) in [4.78, 5) is 12.6. The van der Waals surface area contributed by atoms with Crippen molar-refractivity contribution in [3.63, 3.8) is 0 Å². The average Bonchev–Trinajstić information content (AvgIpc) is 2.27. The lowest BCUT2D eigenvalue weighted by Crippen LogP contribution is -2.11. The minimum absolute atomic E-state index is 0.309. The SMILES string of the molecule is C=C(C)C(=O)OCS(C)(C)c1ccccc1. The van der Waals surface area contributed by atoms with E-state index in [0.717, 1.165) is 0 Å². The molecular formula is C13H18O2S. The molecule has 0 aliphatic rings. The summed E-state index contributed by atoms with van der Waals surface area (Å²) in [5.74, 6) is 0.138. The lowest BCUT2D eigenvalue weighted by atomic mass is 10.4. The van der Waals surface area contributed by atoms with Crippen LogP contribution in [0.2, 0.25) is 0 Å². The maximum atomic E-state index is 11.3. The van der Waals surface area contributed by atoms with Crippen molar-refractivity contribution in [1.82, 2.24) is 0 Å². The lowest BCUT2D eigenvalue weighted by molar-refractivity contribution is -0.136. The third-order valence-electron chi connectivity index (χ3n) is 2.21. The van der Waals surface area contributed by atoms with Gasteiger partial charge in [0.2, 0.25) is 0 Å². The van der Waals surface area contributed by atoms with E-state index in [0.29, 0.717) is 11.5 Å². The van der Waals surface area contributed by atoms with Gasteiger partial charge in [-0.3, -0.25) is 0 Å². The van der Waals surface area contributed by atoms with E-state index < -0.39 is 10.0 Å². The Morgan fingerprint density at radius 3 is 2.38 bits per heavy atom. The van der Waals surface area contributed by atoms with Crippen LogP contribution in [0, 0.1) is 0 Å². The first kappa shape index (κ1) is 12.8. The fourth-order valence-electron chi connectivity index (χ4n) is 1.18. The molecule has 0 aliphatic carbocycles. The standard InChI is InChI=1S/C13H18O2S/c1-11(2)13(14)15-10-16(3,4)12-8-6-5-7-9-12/h5-9H,1,10H2,2-4H3. The maximum absolute atomic E-state index is 11.3. The summed E-state index contributed by atoms with van der Waals surface area (Å²) >= 11 is 0. The van der Waals surface area contributed by atoms with Gasteiger partial charge in [0, 0.05) is 5.57 Å². The van der Waals surface area contributed by atoms with Gasteiger partial charge in [-0.2, -0.15) is 10.0 Å². The summed E-state index contributed by atoms with van der Waals surface area (Å²) in [6, 6.07) is 10.1. The van der Waals surface area contributed by atoms with E-state index >= 15 is 0 Å². The molecule has 1 aromatic carbocycles. The van der Waals surface area contributed by atoms with Gasteiger partial charge >= 0.3 is 5.97 Å². The van der Waals surface area contributed by atoms with Gasteiger partial charge in [-0.05, 0) is 36.5 Å². The number of carbonyl (C=O) groups excluding carboxylic acids is 1. The number of ether oxygens (including phenoxy) is 1. The molecule has 0 bridgehead atoms. The van der Waals surface area contributed by atoms with Crippen molar-refractivity contribution in [2.45, 2.75) is 11.8 Å². The Morgan fingerprint density at radius 1 is 1.31 bits per heavy atom. The largest absolute Gasteiger partial charge is 0.453 e. The number of benzene rings is 1. The molecule has 0 atom stereocenters. The molecule has 1 aromatic rings. The smallest absolute Gasteiger partial charge is 0.333 e. The van der Waals surface area contributed by atoms with Gasteiger partial charge in [-0.1, -0.05) is 24.8 Å². The second-order valence-corrected chi connectivity index (χ2v) is 7.96. The molecule has 2 nitrogen and oxygen atoms in total. The van der Waals surface area contributed by atoms with Crippen LogP contribution >= 0.6 is 10.0 Å². The van der Waals surface area contributed by atoms with Gasteiger partial charge in [0.15, 0.2) is 0 Å². The van der Waals surface area contributed by atoms with Crippen molar-refractivity contribution in [2.24, 2.45) is 0 Å². The van der Waals surface area contributed by atoms with Gasteiger partial charge in [-0.15, -0.1) is 0 Å². The monoisotopic (exact) mass is 238 g/mol. The molecule has 0 unspecified atom stereocenters. The first-order chi connectivity index (χ1) is 7.43. The van der Waals surface area contributed by atoms with Crippen LogP contribution in [0.4, 0.5) is 0 Å². The molecule has 0 fully saturated rings. The van der Waals surface area contributed by atoms with Gasteiger partial charge in [-0.25, -0.2) is 4.79 Å². The third-order valence-corrected chi connectivity index (χ3v) is 4.47. The zero-order valence-electron chi connectivity index (χ0n) is 10.0. The van der Waals surface area contributed by atoms with Crippen molar-refractivity contribution in [2.75, 3.05) is 18.5 Å². The van der Waals surface area contributed by atoms with E-state index in [9.17, 15) is 4.79 Å². The first-order valence-corrected chi connectivity index (χ1v) is 7.64. The van der Waals surface area contributed by atoms with Gasteiger partial charge in [0.25, 0.3) is 0 Å². The van der Waals surface area contributed by atoms with Crippen LogP contribution in [0.5, 0.6) is 0 Å². The van der Waals surface area contributed by atoms with Gasteiger partial charge < -0.3 is 4.74 Å². The summed E-state index contributed by atoms with van der Waals surface area (Å²) < 4.78 is 5.22. The van der Waals surface area contributed by atoms with Crippen LogP contribution in [0.25, 0.3) is 0 Å². The molecule has 0 N–H and O–H groups in total. The highest BCUT2D eigenvalue weighted by molar-refractivity contribution is 8.32. The van der Waals surface area contributed by atoms with Crippen LogP contribution in [0.15, 0.2) is 47.4 Å². The van der Waals surface area contributed by atoms with Crippen molar-refractivity contribution in [3.8, 4) is 0 Å². The van der Waals surface area contributed by atoms with E-state index in [-0.39, 0.29) is 5.97 Å². The molecule has 0 saturated carbocycles. The third kappa shape index (κ3) is 3.42. The Hall–Kier alpha value is -1.22. The van der Waals surface area contributed by atoms with Crippen LogP contribution in [0.3, 0.4) is 0 Å². The maximum Gasteiger partial charge on any atom is 0.333 e. The van der Waals surface area contributed by atoms with E-state index in [1.807, 2.05) is 18.2 Å². The zero-order valence-corrected chi connectivity index (χ0v) is 10.8. The van der Waals surface area contributed by atoms with Crippen LogP contribution in [-0.2, 0) is 9.53 Å². The van der Waals surface area contributed by atoms with Crippen molar-refractivity contribution >= 4 is 16.0 Å². The Bertz CT molecular complexity index is 382. The number of hydrogen-bond acceptors (Lipinski definition) is 2. The van der Waals surface area contributed by atoms with Crippen molar-refractivity contribution in [1.29, 1.82) is 0 Å². The number of hydrogen-bond donors (Lipinski definition) is 0. The summed E-state index contributed by atoms with van der Waals surface area (Å²) in [6.45, 7) is 5.22. The summed E-state index contributed by atoms with van der Waals surface area (Å²) in [5, 5.41) is 0. The number of rotatable bonds is 4. The number of esters is 1. The molecule has 0 spiro atoms. The summed E-state index contributed by atoms with van der Waals surface area (Å²) in [5.41, 5.74) is 0.447. The van der Waals surface area contributed by atoms with E-state index in [2.05, 4.69) is 31.2 Å². The first-order valence-electron chi connectivity index (χ1n) is 5.02. The number of carbonyl (C=O) groups is 1. The summed E-state index contributed by atoms with van der Waals surface area (Å²) in [7, 11) is -1.07. The molecule has 16 heavy (non-hydrogen) atoms. The van der Waals surface area contributed by atoms with Crippen molar-refractivity contribution in [3.05, 3.63) is 42.5 Å². The lowest BCUT2D eigenvalue weighted by Gasteiger charge is -2.30. The zero-order chi connectivity index (χ0) is 12.2. The van der Waals surface area contributed by atoms with Crippen LogP contribution in [-0.4, -0.2) is 24.4 Å². The molecule has 1 rings (SSSR count). The highest BCUT2D eigenvalue weighted by Crippen LogP contribution is 2.48. The molecule has 3 heteroatoms.